The fourth-order valence-electron chi connectivity index (χ4n) is 0.816. The molecule has 0 atom stereocenters. The molecule has 0 fully saturated rings. The van der Waals surface area contributed by atoms with E-state index in [-0.39, 0.29) is 5.75 Å². The molecule has 0 spiro atoms. The van der Waals surface area contributed by atoms with Gasteiger partial charge in [0.1, 0.15) is 5.82 Å². The monoisotopic (exact) mass is 204 g/mol. The molecule has 1 aromatic rings. The number of imidazole rings is 1. The largest absolute Gasteiger partial charge is 0.348 e. The lowest BCUT2D eigenvalue weighted by atomic mass is 10.6. The number of nitrogens with two attached hydrogens (primary N) is 1. The molecule has 74 valence electrons. The van der Waals surface area contributed by atoms with Gasteiger partial charge in [0.2, 0.25) is 10.0 Å². The van der Waals surface area contributed by atoms with Crippen LogP contribution in [0, 0.1) is 0 Å². The van der Waals surface area contributed by atoms with Crippen LogP contribution in [0.1, 0.15) is 5.82 Å². The van der Waals surface area contributed by atoms with Crippen molar-refractivity contribution in [2.24, 2.45) is 5.14 Å². The molecule has 0 saturated carbocycles. The van der Waals surface area contributed by atoms with Crippen LogP contribution in [0.5, 0.6) is 0 Å². The Labute approximate surface area is 76.6 Å². The number of primary sulfonamides is 1. The van der Waals surface area contributed by atoms with Crippen molar-refractivity contribution in [3.63, 3.8) is 0 Å². The van der Waals surface area contributed by atoms with Crippen molar-refractivity contribution < 1.29 is 8.42 Å². The molecule has 1 rings (SSSR count). The lowest BCUT2D eigenvalue weighted by Gasteiger charge is -2.00. The second-order valence-corrected chi connectivity index (χ2v) is 4.31. The highest BCUT2D eigenvalue weighted by Crippen LogP contribution is 1.86. The molecule has 0 aliphatic heterocycles. The van der Waals surface area contributed by atoms with Crippen molar-refractivity contribution in [1.29, 1.82) is 0 Å². The number of aromatic amines is 1. The number of aromatic nitrogens is 2. The van der Waals surface area contributed by atoms with Gasteiger partial charge < -0.3 is 10.3 Å². The van der Waals surface area contributed by atoms with Crippen molar-refractivity contribution in [2.75, 3.05) is 12.3 Å². The molecule has 0 aliphatic carbocycles. The minimum Gasteiger partial charge on any atom is -0.348 e. The normalized spacial score (nSPS) is 11.8. The van der Waals surface area contributed by atoms with E-state index in [0.29, 0.717) is 13.1 Å². The highest BCUT2D eigenvalue weighted by atomic mass is 32.2. The Morgan fingerprint density at radius 2 is 2.38 bits per heavy atom. The quantitative estimate of drug-likeness (QED) is 0.524. The first-order valence-corrected chi connectivity index (χ1v) is 5.49. The van der Waals surface area contributed by atoms with E-state index in [0.717, 1.165) is 5.82 Å². The van der Waals surface area contributed by atoms with Crippen LogP contribution >= 0.6 is 0 Å². The molecule has 0 aliphatic rings. The number of rotatable bonds is 5. The maximum Gasteiger partial charge on any atom is 0.210 e. The van der Waals surface area contributed by atoms with Gasteiger partial charge in [-0.25, -0.2) is 18.5 Å². The molecular formula is C6H12N4O2S. The summed E-state index contributed by atoms with van der Waals surface area (Å²) in [5, 5.41) is 7.70. The minimum absolute atomic E-state index is 0.0618. The van der Waals surface area contributed by atoms with Crippen molar-refractivity contribution in [3.8, 4) is 0 Å². The smallest absolute Gasteiger partial charge is 0.210 e. The molecule has 1 heterocycles. The first kappa shape index (κ1) is 10.2. The van der Waals surface area contributed by atoms with Crippen LogP contribution in [0.25, 0.3) is 0 Å². The third-order valence-corrected chi connectivity index (χ3v) is 2.18. The average molecular weight is 204 g/mol. The second-order valence-electron chi connectivity index (χ2n) is 2.58. The van der Waals surface area contributed by atoms with Crippen LogP contribution < -0.4 is 10.5 Å². The Kier molecular flexibility index (Phi) is 3.40. The summed E-state index contributed by atoms with van der Waals surface area (Å²) in [6.07, 6.45) is 3.34. The SMILES string of the molecule is NS(=O)(=O)CCNCc1ncc[nH]1. The van der Waals surface area contributed by atoms with E-state index >= 15 is 0 Å². The molecule has 6 nitrogen and oxygen atoms in total. The Hall–Kier alpha value is -0.920. The number of hydrogen-bond donors (Lipinski definition) is 3. The van der Waals surface area contributed by atoms with Crippen LogP contribution in [0.2, 0.25) is 0 Å². The van der Waals surface area contributed by atoms with E-state index in [1.165, 1.54) is 0 Å². The van der Waals surface area contributed by atoms with Crippen molar-refractivity contribution in [3.05, 3.63) is 18.2 Å². The maximum absolute atomic E-state index is 10.5. The fraction of sp³-hybridized carbons (Fsp3) is 0.500. The lowest BCUT2D eigenvalue weighted by Crippen LogP contribution is -2.27. The molecule has 13 heavy (non-hydrogen) atoms. The second kappa shape index (κ2) is 4.35. The van der Waals surface area contributed by atoms with Gasteiger partial charge in [-0.15, -0.1) is 0 Å². The number of sulfonamides is 1. The van der Waals surface area contributed by atoms with Gasteiger partial charge in [0.15, 0.2) is 0 Å². The Bertz CT molecular complexity index is 332. The lowest BCUT2D eigenvalue weighted by molar-refractivity contribution is 0.591. The minimum atomic E-state index is -3.36. The van der Waals surface area contributed by atoms with Crippen LogP contribution in [0.4, 0.5) is 0 Å². The molecule has 0 radical (unpaired) electrons. The fourth-order valence-corrected chi connectivity index (χ4v) is 1.24. The summed E-state index contributed by atoms with van der Waals surface area (Å²) in [5.41, 5.74) is 0. The van der Waals surface area contributed by atoms with Crippen molar-refractivity contribution >= 4 is 10.0 Å². The van der Waals surface area contributed by atoms with E-state index in [2.05, 4.69) is 15.3 Å². The summed E-state index contributed by atoms with van der Waals surface area (Å²) < 4.78 is 21.0. The Balaban J connectivity index is 2.16. The number of hydrogen-bond acceptors (Lipinski definition) is 4. The number of H-pyrrole nitrogens is 1. The highest BCUT2D eigenvalue weighted by Gasteiger charge is 2.01. The summed E-state index contributed by atoms with van der Waals surface area (Å²) in [7, 11) is -3.36. The summed E-state index contributed by atoms with van der Waals surface area (Å²) in [6.45, 7) is 0.849. The summed E-state index contributed by atoms with van der Waals surface area (Å²) in [5.74, 6) is 0.711. The van der Waals surface area contributed by atoms with Gasteiger partial charge in [-0.05, 0) is 0 Å². The van der Waals surface area contributed by atoms with Crippen LogP contribution in [0.3, 0.4) is 0 Å². The van der Waals surface area contributed by atoms with E-state index < -0.39 is 10.0 Å². The standard InChI is InChI=1S/C6H12N4O2S/c7-13(11,12)4-3-8-5-6-9-1-2-10-6/h1-2,8H,3-5H2,(H,9,10)(H2,7,11,12). The molecule has 0 amide bonds. The first-order valence-electron chi connectivity index (χ1n) is 3.77. The van der Waals surface area contributed by atoms with Crippen molar-refractivity contribution in [2.45, 2.75) is 6.54 Å². The van der Waals surface area contributed by atoms with Crippen LogP contribution in [0.15, 0.2) is 12.4 Å². The van der Waals surface area contributed by atoms with Crippen LogP contribution in [-0.2, 0) is 16.6 Å². The van der Waals surface area contributed by atoms with E-state index in [9.17, 15) is 8.42 Å². The van der Waals surface area contributed by atoms with E-state index in [1.807, 2.05) is 0 Å². The zero-order chi connectivity index (χ0) is 9.73. The summed E-state index contributed by atoms with van der Waals surface area (Å²) >= 11 is 0. The predicted octanol–water partition coefficient (Wildman–Crippen LogP) is -1.21. The molecule has 0 unspecified atom stereocenters. The van der Waals surface area contributed by atoms with Gasteiger partial charge in [0.25, 0.3) is 0 Å². The van der Waals surface area contributed by atoms with Crippen LogP contribution in [-0.4, -0.2) is 30.7 Å². The Morgan fingerprint density at radius 1 is 1.62 bits per heavy atom. The molecule has 4 N–H and O–H groups in total. The predicted molar refractivity (Wildman–Crippen MR) is 48.3 cm³/mol. The van der Waals surface area contributed by atoms with Gasteiger partial charge >= 0.3 is 0 Å². The van der Waals surface area contributed by atoms with E-state index in [1.54, 1.807) is 12.4 Å². The molecule has 0 saturated heterocycles. The molecule has 1 aromatic heterocycles. The molecule has 0 bridgehead atoms. The third kappa shape index (κ3) is 4.61. The molecule has 0 aromatic carbocycles. The highest BCUT2D eigenvalue weighted by molar-refractivity contribution is 7.89. The average Bonchev–Trinajstić information content (AvgIpc) is 2.48. The number of nitrogens with one attached hydrogen (secondary N) is 2. The number of nitrogens with zero attached hydrogens (tertiary/aromatic N) is 1. The molecular weight excluding hydrogens is 192 g/mol. The van der Waals surface area contributed by atoms with Gasteiger partial charge in [0.05, 0.1) is 12.3 Å². The van der Waals surface area contributed by atoms with Gasteiger partial charge in [0, 0.05) is 18.9 Å². The molecule has 7 heteroatoms. The van der Waals surface area contributed by atoms with E-state index in [4.69, 9.17) is 5.14 Å². The van der Waals surface area contributed by atoms with Gasteiger partial charge in [-0.2, -0.15) is 0 Å². The van der Waals surface area contributed by atoms with Gasteiger partial charge in [-0.3, -0.25) is 0 Å². The van der Waals surface area contributed by atoms with Gasteiger partial charge in [-0.1, -0.05) is 0 Å². The third-order valence-electron chi connectivity index (χ3n) is 1.41. The summed E-state index contributed by atoms with van der Waals surface area (Å²) in [4.78, 5) is 6.83. The zero-order valence-corrected chi connectivity index (χ0v) is 7.84. The Morgan fingerprint density at radius 3 is 2.92 bits per heavy atom. The maximum atomic E-state index is 10.5. The van der Waals surface area contributed by atoms with Crippen molar-refractivity contribution in [1.82, 2.24) is 15.3 Å². The first-order chi connectivity index (χ1) is 6.08. The topological polar surface area (TPSA) is 101 Å². The summed E-state index contributed by atoms with van der Waals surface area (Å²) in [6, 6.07) is 0. The zero-order valence-electron chi connectivity index (χ0n) is 7.03.